The molecule has 6 heteroatoms. The van der Waals surface area contributed by atoms with Gasteiger partial charge in [0.15, 0.2) is 0 Å². The Hall–Kier alpha value is -1.40. The number of nitrogens with zero attached hydrogens (tertiary/aromatic N) is 1. The van der Waals surface area contributed by atoms with E-state index in [4.69, 9.17) is 9.94 Å². The number of unbranched alkanes of at least 4 members (excludes halogenated alkanes) is 6. The third-order valence-electron chi connectivity index (χ3n) is 6.07. The topological polar surface area (TPSA) is 99.4 Å². The fourth-order valence-corrected chi connectivity index (χ4v) is 4.28. The number of rotatable bonds is 14. The third-order valence-corrected chi connectivity index (χ3v) is 6.07. The highest BCUT2D eigenvalue weighted by Crippen LogP contribution is 2.48. The predicted molar refractivity (Wildman–Crippen MR) is 109 cm³/mol. The zero-order chi connectivity index (χ0) is 20.4. The van der Waals surface area contributed by atoms with Crippen LogP contribution in [0.15, 0.2) is 17.3 Å². The summed E-state index contributed by atoms with van der Waals surface area (Å²) < 4.78 is 0. The Bertz CT molecular complexity index is 533. The van der Waals surface area contributed by atoms with E-state index < -0.39 is 18.2 Å². The fourth-order valence-electron chi connectivity index (χ4n) is 4.28. The summed E-state index contributed by atoms with van der Waals surface area (Å²) in [7, 11) is 0. The molecule has 3 unspecified atom stereocenters. The second-order valence-corrected chi connectivity index (χ2v) is 8.29. The van der Waals surface area contributed by atoms with Crippen molar-refractivity contribution >= 4 is 11.7 Å². The van der Waals surface area contributed by atoms with Crippen molar-refractivity contribution < 1.29 is 25.0 Å². The minimum atomic E-state index is -0.900. The standard InChI is InChI=1S/C22H37NO5/c1-2-3-4-5-6-7-8-9-17(24)11-10-16-14-18-19(22(16)27)15-20(18)23-28-13-12-21(25)26/h10-11,16-19,22,24,27H,2-9,12-15H2,1H3,(H,25,26)/t16?,17?,18-,19+,22?/m0/s1. The molecule has 5 atom stereocenters. The summed E-state index contributed by atoms with van der Waals surface area (Å²) in [5, 5.41) is 33.3. The molecule has 0 bridgehead atoms. The highest BCUT2D eigenvalue weighted by Gasteiger charge is 2.51. The third kappa shape index (κ3) is 7.21. The molecule has 3 N–H and O–H groups in total. The van der Waals surface area contributed by atoms with Gasteiger partial charge in [0.1, 0.15) is 6.61 Å². The molecule has 2 aliphatic rings. The number of aliphatic hydroxyl groups is 2. The minimum absolute atomic E-state index is 0.0467. The molecule has 2 fully saturated rings. The van der Waals surface area contributed by atoms with Gasteiger partial charge in [0.05, 0.1) is 24.3 Å². The number of carbonyl (C=O) groups is 1. The van der Waals surface area contributed by atoms with Crippen LogP contribution < -0.4 is 0 Å². The zero-order valence-corrected chi connectivity index (χ0v) is 17.1. The fraction of sp³-hybridized carbons (Fsp3) is 0.818. The van der Waals surface area contributed by atoms with Crippen LogP contribution >= 0.6 is 0 Å². The van der Waals surface area contributed by atoms with Gasteiger partial charge in [0.2, 0.25) is 0 Å². The molecule has 0 amide bonds. The van der Waals surface area contributed by atoms with E-state index in [1.807, 2.05) is 12.2 Å². The lowest BCUT2D eigenvalue weighted by Gasteiger charge is -2.33. The monoisotopic (exact) mass is 395 g/mol. The lowest BCUT2D eigenvalue weighted by atomic mass is 9.73. The van der Waals surface area contributed by atoms with Crippen LogP contribution in [0.25, 0.3) is 0 Å². The molecule has 2 rings (SSSR count). The quantitative estimate of drug-likeness (QED) is 0.235. The van der Waals surface area contributed by atoms with Crippen molar-refractivity contribution in [3.8, 4) is 0 Å². The number of carboxylic acid groups (broad SMARTS) is 1. The molecule has 0 aromatic heterocycles. The molecular formula is C22H37NO5. The smallest absolute Gasteiger partial charge is 0.306 e. The lowest BCUT2D eigenvalue weighted by Crippen LogP contribution is -2.38. The number of hydrogen-bond donors (Lipinski definition) is 3. The minimum Gasteiger partial charge on any atom is -0.481 e. The van der Waals surface area contributed by atoms with Crippen LogP contribution in [0.2, 0.25) is 0 Å². The number of oxime groups is 1. The Morgan fingerprint density at radius 3 is 2.68 bits per heavy atom. The lowest BCUT2D eigenvalue weighted by molar-refractivity contribution is -0.138. The van der Waals surface area contributed by atoms with Gasteiger partial charge in [-0.2, -0.15) is 0 Å². The van der Waals surface area contributed by atoms with Crippen LogP contribution in [-0.4, -0.2) is 45.8 Å². The predicted octanol–water partition coefficient (Wildman–Crippen LogP) is 3.91. The van der Waals surface area contributed by atoms with Crippen molar-refractivity contribution in [1.29, 1.82) is 0 Å². The Labute approximate surface area is 168 Å². The van der Waals surface area contributed by atoms with E-state index in [0.29, 0.717) is 6.42 Å². The van der Waals surface area contributed by atoms with Gasteiger partial charge in [-0.05, 0) is 25.2 Å². The van der Waals surface area contributed by atoms with Gasteiger partial charge < -0.3 is 20.2 Å². The maximum absolute atomic E-state index is 10.5. The van der Waals surface area contributed by atoms with Gasteiger partial charge >= 0.3 is 5.97 Å². The van der Waals surface area contributed by atoms with Crippen LogP contribution in [0.1, 0.15) is 77.6 Å². The number of aliphatic carboxylic acids is 1. The van der Waals surface area contributed by atoms with E-state index in [2.05, 4.69) is 12.1 Å². The number of hydrogen-bond acceptors (Lipinski definition) is 5. The number of fused-ring (bicyclic) bond motifs is 1. The highest BCUT2D eigenvalue weighted by atomic mass is 16.6. The molecular weight excluding hydrogens is 358 g/mol. The summed E-state index contributed by atoms with van der Waals surface area (Å²) in [4.78, 5) is 15.5. The van der Waals surface area contributed by atoms with Crippen LogP contribution in [-0.2, 0) is 9.63 Å². The van der Waals surface area contributed by atoms with Gasteiger partial charge in [-0.1, -0.05) is 69.2 Å². The van der Waals surface area contributed by atoms with Crippen molar-refractivity contribution in [1.82, 2.24) is 0 Å². The summed E-state index contributed by atoms with van der Waals surface area (Å²) in [5.74, 6) is -0.430. The normalized spacial score (nSPS) is 29.0. The van der Waals surface area contributed by atoms with Crippen molar-refractivity contribution in [2.24, 2.45) is 22.9 Å². The number of aliphatic hydroxyl groups excluding tert-OH is 2. The van der Waals surface area contributed by atoms with Gasteiger partial charge in [-0.3, -0.25) is 4.79 Å². The first-order valence-electron chi connectivity index (χ1n) is 11.0. The van der Waals surface area contributed by atoms with Crippen LogP contribution in [0.5, 0.6) is 0 Å². The molecule has 0 aromatic rings. The van der Waals surface area contributed by atoms with Crippen molar-refractivity contribution in [3.63, 3.8) is 0 Å². The maximum Gasteiger partial charge on any atom is 0.306 e. The summed E-state index contributed by atoms with van der Waals surface area (Å²) in [6.45, 7) is 2.30. The SMILES string of the molecule is CCCCCCCCCC(O)C=CC1C[C@@H]2C(=NOCCC(=O)O)C[C@H]2C1O. The molecule has 0 saturated heterocycles. The average molecular weight is 396 g/mol. The molecule has 2 saturated carbocycles. The molecule has 0 aromatic carbocycles. The van der Waals surface area contributed by atoms with Gasteiger partial charge in [0, 0.05) is 11.8 Å². The van der Waals surface area contributed by atoms with Crippen LogP contribution in [0, 0.1) is 17.8 Å². The van der Waals surface area contributed by atoms with E-state index in [1.165, 1.54) is 38.5 Å². The van der Waals surface area contributed by atoms with Gasteiger partial charge in [-0.15, -0.1) is 0 Å². The Balaban J connectivity index is 1.63. The highest BCUT2D eigenvalue weighted by molar-refractivity contribution is 5.93. The van der Waals surface area contributed by atoms with E-state index in [1.54, 1.807) is 0 Å². The van der Waals surface area contributed by atoms with Crippen molar-refractivity contribution in [2.75, 3.05) is 6.61 Å². The van der Waals surface area contributed by atoms with Crippen LogP contribution in [0.3, 0.4) is 0 Å². The van der Waals surface area contributed by atoms with Gasteiger partial charge in [-0.25, -0.2) is 0 Å². The molecule has 0 heterocycles. The Morgan fingerprint density at radius 2 is 1.96 bits per heavy atom. The van der Waals surface area contributed by atoms with E-state index >= 15 is 0 Å². The van der Waals surface area contributed by atoms with E-state index in [0.717, 1.165) is 25.0 Å². The number of carboxylic acids is 1. The molecule has 28 heavy (non-hydrogen) atoms. The van der Waals surface area contributed by atoms with E-state index in [9.17, 15) is 15.0 Å². The summed E-state index contributed by atoms with van der Waals surface area (Å²) in [6, 6.07) is 0. The maximum atomic E-state index is 10.5. The molecule has 0 spiro atoms. The summed E-state index contributed by atoms with van der Waals surface area (Å²) in [5.41, 5.74) is 0.925. The molecule has 0 radical (unpaired) electrons. The van der Waals surface area contributed by atoms with Crippen molar-refractivity contribution in [3.05, 3.63) is 12.2 Å². The first kappa shape index (κ1) is 22.9. The van der Waals surface area contributed by atoms with Crippen molar-refractivity contribution in [2.45, 2.75) is 89.8 Å². The molecule has 6 nitrogen and oxygen atoms in total. The molecule has 2 aliphatic carbocycles. The Morgan fingerprint density at radius 1 is 1.25 bits per heavy atom. The largest absolute Gasteiger partial charge is 0.481 e. The first-order valence-corrected chi connectivity index (χ1v) is 11.0. The van der Waals surface area contributed by atoms with Gasteiger partial charge in [0.25, 0.3) is 0 Å². The summed E-state index contributed by atoms with van der Waals surface area (Å²) >= 11 is 0. The Kier molecular flexibility index (Phi) is 9.99. The first-order chi connectivity index (χ1) is 13.5. The zero-order valence-electron chi connectivity index (χ0n) is 17.1. The second kappa shape index (κ2) is 12.2. The average Bonchev–Trinajstić information content (AvgIpc) is 2.89. The second-order valence-electron chi connectivity index (χ2n) is 8.29. The molecule has 160 valence electrons. The summed E-state index contributed by atoms with van der Waals surface area (Å²) in [6.07, 6.45) is 13.9. The van der Waals surface area contributed by atoms with Crippen LogP contribution in [0.4, 0.5) is 0 Å². The van der Waals surface area contributed by atoms with E-state index in [-0.39, 0.29) is 30.8 Å². The molecule has 0 aliphatic heterocycles.